The molecule has 3 rings (SSSR count). The van der Waals surface area contributed by atoms with E-state index in [-0.39, 0.29) is 29.9 Å². The molecule has 27 heavy (non-hydrogen) atoms. The van der Waals surface area contributed by atoms with Gasteiger partial charge in [-0.1, -0.05) is 25.0 Å². The van der Waals surface area contributed by atoms with Crippen LogP contribution in [0.25, 0.3) is 0 Å². The highest BCUT2D eigenvalue weighted by atomic mass is 127. The number of aliphatic imine (C=N–C) groups is 1. The summed E-state index contributed by atoms with van der Waals surface area (Å²) in [5, 5.41) is 9.65. The number of carbonyl (C=O) groups is 1. The second-order valence-electron chi connectivity index (χ2n) is 6.45. The van der Waals surface area contributed by atoms with Crippen LogP contribution in [0.15, 0.2) is 52.1 Å². The van der Waals surface area contributed by atoms with Gasteiger partial charge in [-0.2, -0.15) is 0 Å². The molecule has 1 aliphatic rings. The van der Waals surface area contributed by atoms with Crippen molar-refractivity contribution in [3.8, 4) is 0 Å². The monoisotopic (exact) mass is 482 g/mol. The first kappa shape index (κ1) is 21.3. The predicted octanol–water partition coefficient (Wildman–Crippen LogP) is 4.15. The van der Waals surface area contributed by atoms with E-state index in [1.54, 1.807) is 12.1 Å². The SMILES string of the molecule is CCNC(=NCc1cccc(NC(=O)c2ccco2)c1)NC1CCCC1.I. The lowest BCUT2D eigenvalue weighted by atomic mass is 10.2. The van der Waals surface area contributed by atoms with Crippen molar-refractivity contribution in [3.05, 3.63) is 54.0 Å². The van der Waals surface area contributed by atoms with Gasteiger partial charge in [-0.25, -0.2) is 4.99 Å². The van der Waals surface area contributed by atoms with Gasteiger partial charge in [-0.3, -0.25) is 4.79 Å². The van der Waals surface area contributed by atoms with Gasteiger partial charge in [0.15, 0.2) is 11.7 Å². The Bertz CT molecular complexity index is 740. The van der Waals surface area contributed by atoms with Crippen molar-refractivity contribution in [2.75, 3.05) is 11.9 Å². The van der Waals surface area contributed by atoms with Crippen LogP contribution in [-0.4, -0.2) is 24.5 Å². The number of carbonyl (C=O) groups excluding carboxylic acids is 1. The first-order valence-electron chi connectivity index (χ1n) is 9.23. The third kappa shape index (κ3) is 6.57. The molecule has 7 heteroatoms. The van der Waals surface area contributed by atoms with Gasteiger partial charge in [0.05, 0.1) is 12.8 Å². The van der Waals surface area contributed by atoms with Gasteiger partial charge < -0.3 is 20.4 Å². The quantitative estimate of drug-likeness (QED) is 0.329. The Labute approximate surface area is 177 Å². The van der Waals surface area contributed by atoms with Crippen LogP contribution >= 0.6 is 24.0 Å². The first-order chi connectivity index (χ1) is 12.7. The molecule has 0 unspecified atom stereocenters. The zero-order valence-corrected chi connectivity index (χ0v) is 17.9. The number of rotatable bonds is 6. The molecule has 1 heterocycles. The average molecular weight is 482 g/mol. The van der Waals surface area contributed by atoms with Crippen LogP contribution in [0, 0.1) is 0 Å². The van der Waals surface area contributed by atoms with Crippen molar-refractivity contribution in [1.82, 2.24) is 10.6 Å². The fraction of sp³-hybridized carbons (Fsp3) is 0.400. The minimum absolute atomic E-state index is 0. The van der Waals surface area contributed by atoms with Crippen LogP contribution in [0.3, 0.4) is 0 Å². The summed E-state index contributed by atoms with van der Waals surface area (Å²) in [6.45, 7) is 3.45. The summed E-state index contributed by atoms with van der Waals surface area (Å²) in [5.74, 6) is 0.889. The van der Waals surface area contributed by atoms with E-state index in [1.807, 2.05) is 24.3 Å². The van der Waals surface area contributed by atoms with Crippen molar-refractivity contribution in [1.29, 1.82) is 0 Å². The highest BCUT2D eigenvalue weighted by Gasteiger charge is 2.15. The number of nitrogens with one attached hydrogen (secondary N) is 3. The number of nitrogens with zero attached hydrogens (tertiary/aromatic N) is 1. The van der Waals surface area contributed by atoms with Crippen molar-refractivity contribution in [3.63, 3.8) is 0 Å². The largest absolute Gasteiger partial charge is 0.459 e. The number of anilines is 1. The maximum atomic E-state index is 12.1. The van der Waals surface area contributed by atoms with Crippen LogP contribution in [0.4, 0.5) is 5.69 Å². The highest BCUT2D eigenvalue weighted by Crippen LogP contribution is 2.17. The fourth-order valence-electron chi connectivity index (χ4n) is 3.10. The number of hydrogen-bond donors (Lipinski definition) is 3. The Morgan fingerprint density at radius 2 is 2.04 bits per heavy atom. The second kappa shape index (κ2) is 11.0. The maximum absolute atomic E-state index is 12.1. The highest BCUT2D eigenvalue weighted by molar-refractivity contribution is 14.0. The smallest absolute Gasteiger partial charge is 0.291 e. The third-order valence-electron chi connectivity index (χ3n) is 4.39. The van der Waals surface area contributed by atoms with Crippen molar-refractivity contribution < 1.29 is 9.21 Å². The summed E-state index contributed by atoms with van der Waals surface area (Å²) in [6.07, 6.45) is 6.47. The van der Waals surface area contributed by atoms with E-state index in [1.165, 1.54) is 31.9 Å². The fourth-order valence-corrected chi connectivity index (χ4v) is 3.10. The summed E-state index contributed by atoms with van der Waals surface area (Å²) >= 11 is 0. The summed E-state index contributed by atoms with van der Waals surface area (Å²) < 4.78 is 5.12. The molecule has 1 amide bonds. The molecule has 0 aliphatic heterocycles. The molecule has 1 aromatic heterocycles. The van der Waals surface area contributed by atoms with Gasteiger partial charge >= 0.3 is 0 Å². The number of hydrogen-bond acceptors (Lipinski definition) is 3. The van der Waals surface area contributed by atoms with Crippen molar-refractivity contribution in [2.45, 2.75) is 45.2 Å². The number of halogens is 1. The predicted molar refractivity (Wildman–Crippen MR) is 119 cm³/mol. The van der Waals surface area contributed by atoms with Gasteiger partial charge in [0.25, 0.3) is 5.91 Å². The zero-order valence-electron chi connectivity index (χ0n) is 15.5. The van der Waals surface area contributed by atoms with E-state index in [9.17, 15) is 4.79 Å². The minimum Gasteiger partial charge on any atom is -0.459 e. The minimum atomic E-state index is -0.258. The van der Waals surface area contributed by atoms with Gasteiger partial charge in [0.2, 0.25) is 0 Å². The topological polar surface area (TPSA) is 78.7 Å². The molecule has 146 valence electrons. The summed E-state index contributed by atoms with van der Waals surface area (Å²) in [6, 6.07) is 11.6. The van der Waals surface area contributed by atoms with Crippen LogP contribution in [0.2, 0.25) is 0 Å². The summed E-state index contributed by atoms with van der Waals surface area (Å²) in [7, 11) is 0. The van der Waals surface area contributed by atoms with E-state index < -0.39 is 0 Å². The Hall–Kier alpha value is -2.03. The van der Waals surface area contributed by atoms with Crippen LogP contribution in [0.5, 0.6) is 0 Å². The molecule has 0 spiro atoms. The van der Waals surface area contributed by atoms with Gasteiger partial charge in [0.1, 0.15) is 0 Å². The summed E-state index contributed by atoms with van der Waals surface area (Å²) in [4.78, 5) is 16.8. The standard InChI is InChI=1S/C20H26N4O2.HI/c1-2-21-20(24-16-8-3-4-9-16)22-14-15-7-5-10-17(13-15)23-19(25)18-11-6-12-26-18;/h5-7,10-13,16H,2-4,8-9,14H2,1H3,(H,23,25)(H2,21,22,24);1H. The van der Waals surface area contributed by atoms with E-state index in [0.29, 0.717) is 18.3 Å². The third-order valence-corrected chi connectivity index (χ3v) is 4.39. The van der Waals surface area contributed by atoms with E-state index >= 15 is 0 Å². The normalized spacial score (nSPS) is 14.5. The first-order valence-corrected chi connectivity index (χ1v) is 9.23. The Kier molecular flexibility index (Phi) is 8.63. The van der Waals surface area contributed by atoms with Crippen LogP contribution in [-0.2, 0) is 6.54 Å². The molecule has 2 aromatic rings. The molecule has 0 atom stereocenters. The van der Waals surface area contributed by atoms with E-state index in [2.05, 4.69) is 27.9 Å². The maximum Gasteiger partial charge on any atom is 0.291 e. The molecule has 1 fully saturated rings. The average Bonchev–Trinajstić information content (AvgIpc) is 3.34. The van der Waals surface area contributed by atoms with Gasteiger partial charge in [-0.15, -0.1) is 24.0 Å². The molecular formula is C20H27IN4O2. The zero-order chi connectivity index (χ0) is 18.2. The molecule has 0 radical (unpaired) electrons. The van der Waals surface area contributed by atoms with Gasteiger partial charge in [-0.05, 0) is 49.6 Å². The van der Waals surface area contributed by atoms with Crippen LogP contribution < -0.4 is 16.0 Å². The lowest BCUT2D eigenvalue weighted by Gasteiger charge is -2.16. The van der Waals surface area contributed by atoms with Gasteiger partial charge in [0, 0.05) is 18.3 Å². The van der Waals surface area contributed by atoms with Crippen molar-refractivity contribution in [2.24, 2.45) is 4.99 Å². The molecule has 1 aromatic carbocycles. The molecule has 1 aliphatic carbocycles. The molecule has 0 saturated heterocycles. The lowest BCUT2D eigenvalue weighted by Crippen LogP contribution is -2.42. The molecule has 3 N–H and O–H groups in total. The number of benzene rings is 1. The molecule has 0 bridgehead atoms. The van der Waals surface area contributed by atoms with Crippen molar-refractivity contribution >= 4 is 41.5 Å². The Morgan fingerprint density at radius 3 is 2.74 bits per heavy atom. The number of amides is 1. The van der Waals surface area contributed by atoms with Crippen LogP contribution in [0.1, 0.15) is 48.7 Å². The molecule has 1 saturated carbocycles. The Morgan fingerprint density at radius 1 is 1.22 bits per heavy atom. The number of furan rings is 1. The number of guanidine groups is 1. The lowest BCUT2D eigenvalue weighted by molar-refractivity contribution is 0.0996. The molecular weight excluding hydrogens is 455 g/mol. The molecule has 6 nitrogen and oxygen atoms in total. The second-order valence-corrected chi connectivity index (χ2v) is 6.45. The Balaban J connectivity index is 0.00000261. The van der Waals surface area contributed by atoms with E-state index in [0.717, 1.165) is 23.8 Å². The van der Waals surface area contributed by atoms with E-state index in [4.69, 9.17) is 4.42 Å². The summed E-state index contributed by atoms with van der Waals surface area (Å²) in [5.41, 5.74) is 1.76.